The summed E-state index contributed by atoms with van der Waals surface area (Å²) >= 11 is 0. The van der Waals surface area contributed by atoms with Crippen LogP contribution in [0.1, 0.15) is 5.56 Å². The largest absolute Gasteiger partial charge is 0.497 e. The molecule has 0 unspecified atom stereocenters. The summed E-state index contributed by atoms with van der Waals surface area (Å²) < 4.78 is 29.3. The van der Waals surface area contributed by atoms with Crippen LogP contribution in [0.5, 0.6) is 5.75 Å². The van der Waals surface area contributed by atoms with Gasteiger partial charge in [-0.15, -0.1) is 0 Å². The van der Waals surface area contributed by atoms with Gasteiger partial charge in [-0.05, 0) is 28.8 Å². The molecule has 2 aromatic carbocycles. The number of carbonyl (C=O) groups excluding carboxylic acids is 1. The van der Waals surface area contributed by atoms with E-state index < -0.39 is 21.5 Å². The summed E-state index contributed by atoms with van der Waals surface area (Å²) in [5.41, 5.74) is 2.53. The molecule has 6 nitrogen and oxygen atoms in total. The third-order valence-corrected chi connectivity index (χ3v) is 5.00. The molecule has 2 rings (SSSR count). The highest BCUT2D eigenvalue weighted by molar-refractivity contribution is 7.91. The number of benzene rings is 2. The van der Waals surface area contributed by atoms with E-state index in [2.05, 4.69) is 5.32 Å². The number of nitrogens with one attached hydrogen (secondary N) is 1. The Bertz CT molecular complexity index is 816. The van der Waals surface area contributed by atoms with Gasteiger partial charge in [0.1, 0.15) is 11.5 Å². The molecule has 2 aromatic rings. The number of ether oxygens (including phenoxy) is 1. The monoisotopic (exact) mass is 363 g/mol. The molecular formula is C18H21NO5S. The number of hydrogen-bond donors (Lipinski definition) is 2. The minimum atomic E-state index is -3.57. The molecule has 0 aliphatic rings. The smallest absolute Gasteiger partial charge is 0.235 e. The maximum absolute atomic E-state index is 12.1. The van der Waals surface area contributed by atoms with Gasteiger partial charge in [0.25, 0.3) is 0 Å². The van der Waals surface area contributed by atoms with Crippen LogP contribution in [0.15, 0.2) is 48.5 Å². The van der Waals surface area contributed by atoms with Crippen LogP contribution in [0.3, 0.4) is 0 Å². The summed E-state index contributed by atoms with van der Waals surface area (Å²) in [6.45, 7) is -0.179. The molecule has 0 spiro atoms. The van der Waals surface area contributed by atoms with Gasteiger partial charge in [-0.3, -0.25) is 4.79 Å². The summed E-state index contributed by atoms with van der Waals surface area (Å²) in [5.74, 6) is -0.664. The first kappa shape index (κ1) is 19.0. The number of rotatable bonds is 8. The lowest BCUT2D eigenvalue weighted by Crippen LogP contribution is -2.32. The molecule has 0 aliphatic heterocycles. The van der Waals surface area contributed by atoms with Gasteiger partial charge < -0.3 is 15.2 Å². The number of carbonyl (C=O) groups is 1. The zero-order valence-corrected chi connectivity index (χ0v) is 14.8. The van der Waals surface area contributed by atoms with Crippen LogP contribution in [-0.2, 0) is 20.4 Å². The van der Waals surface area contributed by atoms with Gasteiger partial charge in [0, 0.05) is 6.54 Å². The molecule has 25 heavy (non-hydrogen) atoms. The average Bonchev–Trinajstić information content (AvgIpc) is 2.60. The molecule has 0 radical (unpaired) electrons. The van der Waals surface area contributed by atoms with Crippen molar-refractivity contribution in [3.8, 4) is 16.9 Å². The molecule has 0 fully saturated rings. The predicted octanol–water partition coefficient (Wildman–Crippen LogP) is 1.39. The molecule has 0 saturated carbocycles. The van der Waals surface area contributed by atoms with Gasteiger partial charge >= 0.3 is 0 Å². The number of sulfone groups is 1. The Morgan fingerprint density at radius 1 is 1.12 bits per heavy atom. The van der Waals surface area contributed by atoms with E-state index in [4.69, 9.17) is 9.84 Å². The molecule has 0 aromatic heterocycles. The Morgan fingerprint density at radius 3 is 2.48 bits per heavy atom. The number of aliphatic hydroxyl groups excluding tert-OH is 1. The summed E-state index contributed by atoms with van der Waals surface area (Å²) in [5, 5.41) is 11.0. The molecule has 134 valence electrons. The van der Waals surface area contributed by atoms with Crippen LogP contribution in [-0.4, -0.2) is 45.4 Å². The Balaban J connectivity index is 2.05. The Hall–Kier alpha value is -2.38. The maximum atomic E-state index is 12.1. The highest BCUT2D eigenvalue weighted by atomic mass is 32.2. The van der Waals surface area contributed by atoms with Gasteiger partial charge in [-0.2, -0.15) is 0 Å². The van der Waals surface area contributed by atoms with Crippen LogP contribution in [0, 0.1) is 0 Å². The Labute approximate surface area is 147 Å². The molecule has 2 N–H and O–H groups in total. The van der Waals surface area contributed by atoms with Crippen molar-refractivity contribution < 1.29 is 23.1 Å². The predicted molar refractivity (Wildman–Crippen MR) is 96.0 cm³/mol. The Morgan fingerprint density at radius 2 is 1.84 bits per heavy atom. The van der Waals surface area contributed by atoms with E-state index in [1.165, 1.54) is 0 Å². The van der Waals surface area contributed by atoms with Crippen molar-refractivity contribution in [3.05, 3.63) is 54.1 Å². The number of methoxy groups -OCH3 is 1. The second-order valence-corrected chi connectivity index (χ2v) is 7.60. The van der Waals surface area contributed by atoms with Crippen molar-refractivity contribution in [3.63, 3.8) is 0 Å². The van der Waals surface area contributed by atoms with Gasteiger partial charge in [0.05, 0.1) is 19.5 Å². The standard InChI is InChI=1S/C18H21NO5S/c1-24-17-4-2-3-16(11-17)15-7-5-14(6-8-15)12-25(22,23)13-18(21)19-9-10-20/h2-8,11,20H,9-10,12-13H2,1H3,(H,19,21). The fourth-order valence-corrected chi connectivity index (χ4v) is 3.65. The minimum Gasteiger partial charge on any atom is -0.497 e. The summed E-state index contributed by atoms with van der Waals surface area (Å²) in [7, 11) is -1.97. The molecule has 0 atom stereocenters. The van der Waals surface area contributed by atoms with Crippen LogP contribution in [0.2, 0.25) is 0 Å². The molecule has 7 heteroatoms. The molecular weight excluding hydrogens is 342 g/mol. The van der Waals surface area contributed by atoms with E-state index in [-0.39, 0.29) is 18.9 Å². The quantitative estimate of drug-likeness (QED) is 0.739. The number of amides is 1. The first-order valence-electron chi connectivity index (χ1n) is 7.75. The number of aliphatic hydroxyl groups is 1. The van der Waals surface area contributed by atoms with E-state index in [1.54, 1.807) is 19.2 Å². The van der Waals surface area contributed by atoms with Crippen molar-refractivity contribution in [1.29, 1.82) is 0 Å². The zero-order valence-electron chi connectivity index (χ0n) is 13.9. The zero-order chi connectivity index (χ0) is 18.3. The van der Waals surface area contributed by atoms with Crippen molar-refractivity contribution in [2.75, 3.05) is 26.0 Å². The van der Waals surface area contributed by atoms with E-state index in [0.29, 0.717) is 5.56 Å². The van der Waals surface area contributed by atoms with Gasteiger partial charge in [-0.1, -0.05) is 36.4 Å². The maximum Gasteiger partial charge on any atom is 0.235 e. The highest BCUT2D eigenvalue weighted by Gasteiger charge is 2.17. The van der Waals surface area contributed by atoms with Crippen molar-refractivity contribution in [2.24, 2.45) is 0 Å². The second-order valence-electron chi connectivity index (χ2n) is 5.53. The van der Waals surface area contributed by atoms with Crippen LogP contribution < -0.4 is 10.1 Å². The van der Waals surface area contributed by atoms with E-state index in [1.807, 2.05) is 36.4 Å². The number of hydrogen-bond acceptors (Lipinski definition) is 5. The Kier molecular flexibility index (Phi) is 6.55. The normalized spacial score (nSPS) is 11.1. The SMILES string of the molecule is COc1cccc(-c2ccc(CS(=O)(=O)CC(=O)NCCO)cc2)c1. The second kappa shape index (κ2) is 8.64. The lowest BCUT2D eigenvalue weighted by molar-refractivity contribution is -0.118. The summed E-state index contributed by atoms with van der Waals surface area (Å²) in [4.78, 5) is 11.5. The fraction of sp³-hybridized carbons (Fsp3) is 0.278. The fourth-order valence-electron chi connectivity index (χ4n) is 2.35. The molecule has 0 heterocycles. The van der Waals surface area contributed by atoms with Gasteiger partial charge in [0.2, 0.25) is 5.91 Å². The summed E-state index contributed by atoms with van der Waals surface area (Å²) in [6, 6.07) is 14.7. The van der Waals surface area contributed by atoms with Crippen molar-refractivity contribution in [2.45, 2.75) is 5.75 Å². The highest BCUT2D eigenvalue weighted by Crippen LogP contribution is 2.24. The molecule has 1 amide bonds. The summed E-state index contributed by atoms with van der Waals surface area (Å²) in [6.07, 6.45) is 0. The topological polar surface area (TPSA) is 92.7 Å². The van der Waals surface area contributed by atoms with E-state index in [9.17, 15) is 13.2 Å². The van der Waals surface area contributed by atoms with Crippen LogP contribution in [0.4, 0.5) is 0 Å². The van der Waals surface area contributed by atoms with Gasteiger partial charge in [0.15, 0.2) is 9.84 Å². The lowest BCUT2D eigenvalue weighted by Gasteiger charge is -2.08. The lowest BCUT2D eigenvalue weighted by atomic mass is 10.0. The van der Waals surface area contributed by atoms with Crippen LogP contribution in [0.25, 0.3) is 11.1 Å². The van der Waals surface area contributed by atoms with E-state index >= 15 is 0 Å². The first-order chi connectivity index (χ1) is 11.9. The third kappa shape index (κ3) is 5.88. The third-order valence-electron chi connectivity index (χ3n) is 3.53. The minimum absolute atomic E-state index is 0.0452. The molecule has 0 bridgehead atoms. The first-order valence-corrected chi connectivity index (χ1v) is 9.57. The molecule has 0 aliphatic carbocycles. The van der Waals surface area contributed by atoms with Crippen molar-refractivity contribution >= 4 is 15.7 Å². The average molecular weight is 363 g/mol. The van der Waals surface area contributed by atoms with Gasteiger partial charge in [-0.25, -0.2) is 8.42 Å². The van der Waals surface area contributed by atoms with E-state index in [0.717, 1.165) is 16.9 Å². The van der Waals surface area contributed by atoms with Crippen molar-refractivity contribution in [1.82, 2.24) is 5.32 Å². The van der Waals surface area contributed by atoms with Crippen LogP contribution >= 0.6 is 0 Å². The molecule has 0 saturated heterocycles.